The highest BCUT2D eigenvalue weighted by Gasteiger charge is 2.33. The second-order valence-electron chi connectivity index (χ2n) is 6.19. The molecule has 1 aliphatic rings. The summed E-state index contributed by atoms with van der Waals surface area (Å²) in [5, 5.41) is 0. The summed E-state index contributed by atoms with van der Waals surface area (Å²) in [6.07, 6.45) is 0. The zero-order valence-corrected chi connectivity index (χ0v) is 16.2. The van der Waals surface area contributed by atoms with Gasteiger partial charge < -0.3 is 9.64 Å². The number of carbonyl (C=O) groups excluding carboxylic acids is 3. The molecule has 2 aromatic carbocycles. The number of hydrazine groups is 1. The van der Waals surface area contributed by atoms with Crippen molar-refractivity contribution in [1.82, 2.24) is 15.8 Å². The minimum atomic E-state index is -0.581. The number of nitrogens with one attached hydrogen (secondary N) is 2. The van der Waals surface area contributed by atoms with Crippen LogP contribution in [0.15, 0.2) is 54.6 Å². The van der Waals surface area contributed by atoms with E-state index >= 15 is 0 Å². The van der Waals surface area contributed by atoms with E-state index in [0.717, 1.165) is 11.1 Å². The molecule has 0 aliphatic carbocycles. The number of para-hydroxylation sites is 1. The summed E-state index contributed by atoms with van der Waals surface area (Å²) in [5.41, 5.74) is 6.56. The van der Waals surface area contributed by atoms with Gasteiger partial charge in [-0.2, -0.15) is 0 Å². The molecular weight excluding hydrogens is 378 g/mol. The normalized spacial score (nSPS) is 15.8. The van der Waals surface area contributed by atoms with Crippen molar-refractivity contribution >= 4 is 29.5 Å². The van der Waals surface area contributed by atoms with Crippen LogP contribution < -0.4 is 15.6 Å². The highest BCUT2D eigenvalue weighted by Crippen LogP contribution is 2.29. The lowest BCUT2D eigenvalue weighted by atomic mass is 10.1. The summed E-state index contributed by atoms with van der Waals surface area (Å²) < 4.78 is 5.64. The molecular formula is C20H21N3O4S. The predicted octanol–water partition coefficient (Wildman–Crippen LogP) is 1.80. The van der Waals surface area contributed by atoms with Crippen molar-refractivity contribution in [2.24, 2.45) is 0 Å². The SMILES string of the molecule is CC(=O)N1CSCC1C(=O)NNC(=O)COc1ccccc1-c1ccccc1. The van der Waals surface area contributed by atoms with E-state index in [4.69, 9.17) is 4.74 Å². The van der Waals surface area contributed by atoms with Crippen LogP contribution in [-0.4, -0.2) is 46.9 Å². The van der Waals surface area contributed by atoms with E-state index in [1.807, 2.05) is 48.5 Å². The third-order valence-electron chi connectivity index (χ3n) is 4.25. The molecule has 1 fully saturated rings. The van der Waals surface area contributed by atoms with E-state index in [2.05, 4.69) is 10.9 Å². The van der Waals surface area contributed by atoms with Gasteiger partial charge in [0, 0.05) is 18.2 Å². The molecule has 1 saturated heterocycles. The van der Waals surface area contributed by atoms with E-state index in [9.17, 15) is 14.4 Å². The van der Waals surface area contributed by atoms with Crippen molar-refractivity contribution in [3.05, 3.63) is 54.6 Å². The first-order chi connectivity index (χ1) is 13.6. The van der Waals surface area contributed by atoms with E-state index < -0.39 is 17.9 Å². The second-order valence-corrected chi connectivity index (χ2v) is 7.19. The quantitative estimate of drug-likeness (QED) is 0.749. The number of nitrogens with zero attached hydrogens (tertiary/aromatic N) is 1. The molecule has 3 rings (SSSR count). The lowest BCUT2D eigenvalue weighted by Gasteiger charge is -2.21. The van der Waals surface area contributed by atoms with Crippen LogP contribution >= 0.6 is 11.8 Å². The van der Waals surface area contributed by atoms with Gasteiger partial charge in [0.15, 0.2) is 6.61 Å². The number of carbonyl (C=O) groups is 3. The van der Waals surface area contributed by atoms with E-state index in [1.54, 1.807) is 6.07 Å². The molecule has 1 atom stereocenters. The Labute approximate surface area is 167 Å². The standard InChI is InChI=1S/C20H21N3O4S/c1-14(24)23-13-28-12-17(23)20(26)22-21-19(25)11-27-18-10-6-5-9-16(18)15-7-3-2-4-8-15/h2-10,17H,11-13H2,1H3,(H,21,25)(H,22,26). The molecule has 8 heteroatoms. The monoisotopic (exact) mass is 399 g/mol. The van der Waals surface area contributed by atoms with Gasteiger partial charge in [-0.3, -0.25) is 25.2 Å². The molecule has 0 spiro atoms. The molecule has 1 aliphatic heterocycles. The fourth-order valence-electron chi connectivity index (χ4n) is 2.81. The molecule has 3 amide bonds. The lowest BCUT2D eigenvalue weighted by molar-refractivity contribution is -0.138. The third kappa shape index (κ3) is 4.83. The van der Waals surface area contributed by atoms with Crippen molar-refractivity contribution < 1.29 is 19.1 Å². The fraction of sp³-hybridized carbons (Fsp3) is 0.250. The van der Waals surface area contributed by atoms with Crippen LogP contribution in [0.5, 0.6) is 5.75 Å². The first kappa shape index (κ1) is 19.8. The minimum absolute atomic E-state index is 0.169. The molecule has 0 saturated carbocycles. The molecule has 1 heterocycles. The third-order valence-corrected chi connectivity index (χ3v) is 5.26. The Morgan fingerprint density at radius 3 is 2.54 bits per heavy atom. The predicted molar refractivity (Wildman–Crippen MR) is 107 cm³/mol. The maximum Gasteiger partial charge on any atom is 0.276 e. The maximum absolute atomic E-state index is 12.2. The van der Waals surface area contributed by atoms with Crippen LogP contribution in [-0.2, 0) is 14.4 Å². The van der Waals surface area contributed by atoms with Gasteiger partial charge in [0.2, 0.25) is 5.91 Å². The number of thioether (sulfide) groups is 1. The van der Waals surface area contributed by atoms with Gasteiger partial charge >= 0.3 is 0 Å². The molecule has 2 N–H and O–H groups in total. The van der Waals surface area contributed by atoms with E-state index in [1.165, 1.54) is 23.6 Å². The molecule has 7 nitrogen and oxygen atoms in total. The van der Waals surface area contributed by atoms with Crippen LogP contribution in [0.1, 0.15) is 6.92 Å². The lowest BCUT2D eigenvalue weighted by Crippen LogP contribution is -2.52. The largest absolute Gasteiger partial charge is 0.483 e. The van der Waals surface area contributed by atoms with E-state index in [-0.39, 0.29) is 12.5 Å². The Balaban J connectivity index is 1.53. The summed E-state index contributed by atoms with van der Waals surface area (Å²) in [4.78, 5) is 37.3. The molecule has 28 heavy (non-hydrogen) atoms. The van der Waals surface area contributed by atoms with Crippen LogP contribution in [0.4, 0.5) is 0 Å². The zero-order valence-electron chi connectivity index (χ0n) is 15.4. The molecule has 146 valence electrons. The Morgan fingerprint density at radius 2 is 1.79 bits per heavy atom. The number of benzene rings is 2. The minimum Gasteiger partial charge on any atom is -0.483 e. The molecule has 0 radical (unpaired) electrons. The average molecular weight is 399 g/mol. The molecule has 1 unspecified atom stereocenters. The smallest absolute Gasteiger partial charge is 0.276 e. The summed E-state index contributed by atoms with van der Waals surface area (Å²) >= 11 is 1.50. The number of hydrogen-bond acceptors (Lipinski definition) is 5. The van der Waals surface area contributed by atoms with Gasteiger partial charge in [0.25, 0.3) is 11.8 Å². The van der Waals surface area contributed by atoms with Gasteiger partial charge in [-0.1, -0.05) is 48.5 Å². The van der Waals surface area contributed by atoms with Gasteiger partial charge in [0.1, 0.15) is 11.8 Å². The average Bonchev–Trinajstić information content (AvgIpc) is 3.22. The highest BCUT2D eigenvalue weighted by molar-refractivity contribution is 7.99. The van der Waals surface area contributed by atoms with Crippen LogP contribution in [0, 0.1) is 0 Å². The Kier molecular flexibility index (Phi) is 6.54. The fourth-order valence-corrected chi connectivity index (χ4v) is 4.03. The van der Waals surface area contributed by atoms with Crippen molar-refractivity contribution in [3.8, 4) is 16.9 Å². The summed E-state index contributed by atoms with van der Waals surface area (Å²) in [6.45, 7) is 1.17. The maximum atomic E-state index is 12.2. The van der Waals surface area contributed by atoms with Gasteiger partial charge in [0.05, 0.1) is 5.88 Å². The number of amides is 3. The van der Waals surface area contributed by atoms with Crippen molar-refractivity contribution in [2.75, 3.05) is 18.2 Å². The summed E-state index contributed by atoms with van der Waals surface area (Å²) in [6, 6.07) is 16.6. The van der Waals surface area contributed by atoms with Crippen molar-refractivity contribution in [2.45, 2.75) is 13.0 Å². The molecule has 0 aromatic heterocycles. The van der Waals surface area contributed by atoms with Crippen LogP contribution in [0.3, 0.4) is 0 Å². The van der Waals surface area contributed by atoms with Gasteiger partial charge in [-0.05, 0) is 11.6 Å². The molecule has 0 bridgehead atoms. The van der Waals surface area contributed by atoms with Crippen LogP contribution in [0.25, 0.3) is 11.1 Å². The van der Waals surface area contributed by atoms with Gasteiger partial charge in [-0.15, -0.1) is 11.8 Å². The number of rotatable bonds is 5. The Bertz CT molecular complexity index is 860. The van der Waals surface area contributed by atoms with Crippen molar-refractivity contribution in [3.63, 3.8) is 0 Å². The van der Waals surface area contributed by atoms with Gasteiger partial charge in [-0.25, -0.2) is 0 Å². The highest BCUT2D eigenvalue weighted by atomic mass is 32.2. The summed E-state index contributed by atoms with van der Waals surface area (Å²) in [7, 11) is 0. The van der Waals surface area contributed by atoms with Crippen LogP contribution in [0.2, 0.25) is 0 Å². The number of ether oxygens (including phenoxy) is 1. The Morgan fingerprint density at radius 1 is 1.07 bits per heavy atom. The van der Waals surface area contributed by atoms with E-state index in [0.29, 0.717) is 17.4 Å². The first-order valence-electron chi connectivity index (χ1n) is 8.77. The first-order valence-corrected chi connectivity index (χ1v) is 9.92. The topological polar surface area (TPSA) is 87.7 Å². The summed E-state index contributed by atoms with van der Waals surface area (Å²) in [5.74, 6) is 0.472. The second kappa shape index (κ2) is 9.27. The zero-order chi connectivity index (χ0) is 19.9. The Hall–Kier alpha value is -3.00. The number of hydrogen-bond donors (Lipinski definition) is 2. The van der Waals surface area contributed by atoms with Crippen molar-refractivity contribution in [1.29, 1.82) is 0 Å². The molecule has 2 aromatic rings.